The van der Waals surface area contributed by atoms with E-state index in [1.54, 1.807) is 48.5 Å². The molecule has 3 aromatic carbocycles. The summed E-state index contributed by atoms with van der Waals surface area (Å²) in [6, 6.07) is 20.7. The number of ether oxygens (including phenoxy) is 2. The second-order valence-corrected chi connectivity index (χ2v) is 9.44. The van der Waals surface area contributed by atoms with Gasteiger partial charge in [-0.2, -0.15) is 0 Å². The third-order valence-electron chi connectivity index (χ3n) is 5.05. The van der Waals surface area contributed by atoms with Crippen LogP contribution < -0.4 is 19.1 Å². The molecule has 3 rings (SSSR count). The SMILES string of the molecule is CCOc1ccc(CNC(=O)CN(c2ccccc2OCC)S(=O)(=O)c2ccc(C)cc2)cc1. The molecular formula is C26H30N2O5S. The largest absolute Gasteiger partial charge is 0.494 e. The summed E-state index contributed by atoms with van der Waals surface area (Å²) in [7, 11) is -4.03. The summed E-state index contributed by atoms with van der Waals surface area (Å²) in [5.74, 6) is 0.705. The Morgan fingerprint density at radius 2 is 1.53 bits per heavy atom. The van der Waals surface area contributed by atoms with Crippen molar-refractivity contribution >= 4 is 21.6 Å². The molecule has 1 amide bonds. The van der Waals surface area contributed by atoms with Gasteiger partial charge >= 0.3 is 0 Å². The Bertz CT molecular complexity index is 1190. The molecule has 0 unspecified atom stereocenters. The number of aryl methyl sites for hydroxylation is 1. The van der Waals surface area contributed by atoms with Crippen molar-refractivity contribution in [3.8, 4) is 11.5 Å². The van der Waals surface area contributed by atoms with E-state index in [9.17, 15) is 13.2 Å². The van der Waals surface area contributed by atoms with Crippen LogP contribution in [-0.2, 0) is 21.4 Å². The molecule has 180 valence electrons. The molecule has 0 bridgehead atoms. The third kappa shape index (κ3) is 6.29. The summed E-state index contributed by atoms with van der Waals surface area (Å²) in [4.78, 5) is 13.0. The standard InChI is InChI=1S/C26H30N2O5S/c1-4-32-22-14-12-21(13-15-22)18-27-26(29)19-28(24-8-6-7-9-25(24)33-5-2)34(30,31)23-16-10-20(3)11-17-23/h6-17H,4-5,18-19H2,1-3H3,(H,27,29). The van der Waals surface area contributed by atoms with E-state index >= 15 is 0 Å². The molecule has 0 aromatic heterocycles. The normalized spacial score (nSPS) is 11.0. The van der Waals surface area contributed by atoms with E-state index in [-0.39, 0.29) is 11.4 Å². The van der Waals surface area contributed by atoms with Gasteiger partial charge in [-0.1, -0.05) is 42.0 Å². The zero-order valence-electron chi connectivity index (χ0n) is 19.7. The number of benzene rings is 3. The molecule has 1 N–H and O–H groups in total. The Labute approximate surface area is 201 Å². The van der Waals surface area contributed by atoms with Crippen LogP contribution in [0.3, 0.4) is 0 Å². The van der Waals surface area contributed by atoms with E-state index in [0.717, 1.165) is 21.2 Å². The molecule has 34 heavy (non-hydrogen) atoms. The lowest BCUT2D eigenvalue weighted by atomic mass is 10.2. The molecule has 3 aromatic rings. The summed E-state index contributed by atoms with van der Waals surface area (Å²) in [5.41, 5.74) is 2.12. The number of rotatable bonds is 11. The fourth-order valence-electron chi connectivity index (χ4n) is 3.34. The van der Waals surface area contributed by atoms with E-state index in [1.165, 1.54) is 0 Å². The molecule has 0 heterocycles. The van der Waals surface area contributed by atoms with E-state index in [0.29, 0.717) is 24.7 Å². The first-order valence-electron chi connectivity index (χ1n) is 11.1. The van der Waals surface area contributed by atoms with Crippen LogP contribution in [0.4, 0.5) is 5.69 Å². The number of carbonyl (C=O) groups excluding carboxylic acids is 1. The molecule has 0 aliphatic heterocycles. The third-order valence-corrected chi connectivity index (χ3v) is 6.83. The van der Waals surface area contributed by atoms with Crippen molar-refractivity contribution in [3.05, 3.63) is 83.9 Å². The first-order valence-corrected chi connectivity index (χ1v) is 12.6. The number of carbonyl (C=O) groups is 1. The lowest BCUT2D eigenvalue weighted by Gasteiger charge is -2.26. The molecule has 0 saturated heterocycles. The van der Waals surface area contributed by atoms with Crippen molar-refractivity contribution in [2.24, 2.45) is 0 Å². The zero-order chi connectivity index (χ0) is 24.6. The molecule has 0 aliphatic carbocycles. The molecular weight excluding hydrogens is 452 g/mol. The van der Waals surface area contributed by atoms with Crippen molar-refractivity contribution in [2.75, 3.05) is 24.1 Å². The average Bonchev–Trinajstić information content (AvgIpc) is 2.83. The minimum Gasteiger partial charge on any atom is -0.494 e. The number of amides is 1. The lowest BCUT2D eigenvalue weighted by molar-refractivity contribution is -0.119. The van der Waals surface area contributed by atoms with Crippen LogP contribution in [0.15, 0.2) is 77.7 Å². The predicted octanol–water partition coefficient (Wildman–Crippen LogP) is 4.30. The Morgan fingerprint density at radius 3 is 2.18 bits per heavy atom. The smallest absolute Gasteiger partial charge is 0.264 e. The summed E-state index contributed by atoms with van der Waals surface area (Å²) in [6.45, 7) is 6.42. The number of sulfonamides is 1. The van der Waals surface area contributed by atoms with Crippen LogP contribution in [0.5, 0.6) is 11.5 Å². The summed E-state index contributed by atoms with van der Waals surface area (Å²) < 4.78 is 39.4. The molecule has 0 atom stereocenters. The molecule has 7 nitrogen and oxygen atoms in total. The number of anilines is 1. The van der Waals surface area contributed by atoms with Crippen LogP contribution >= 0.6 is 0 Å². The van der Waals surface area contributed by atoms with E-state index < -0.39 is 22.5 Å². The molecule has 0 saturated carbocycles. The number of nitrogens with zero attached hydrogens (tertiary/aromatic N) is 1. The highest BCUT2D eigenvalue weighted by Gasteiger charge is 2.29. The van der Waals surface area contributed by atoms with Crippen molar-refractivity contribution < 1.29 is 22.7 Å². The molecule has 0 radical (unpaired) electrons. The van der Waals surface area contributed by atoms with Gasteiger partial charge in [0.15, 0.2) is 0 Å². The van der Waals surface area contributed by atoms with Crippen LogP contribution in [0.2, 0.25) is 0 Å². The minimum atomic E-state index is -4.03. The van der Waals surface area contributed by atoms with Crippen LogP contribution in [0.25, 0.3) is 0 Å². The van der Waals surface area contributed by atoms with Gasteiger partial charge in [0.05, 0.1) is 23.8 Å². The second-order valence-electron chi connectivity index (χ2n) is 7.58. The van der Waals surface area contributed by atoms with Gasteiger partial charge in [-0.3, -0.25) is 9.10 Å². The van der Waals surface area contributed by atoms with E-state index in [2.05, 4.69) is 5.32 Å². The van der Waals surface area contributed by atoms with Gasteiger partial charge in [0.1, 0.15) is 18.0 Å². The maximum atomic E-state index is 13.6. The monoisotopic (exact) mass is 482 g/mol. The summed E-state index contributed by atoms with van der Waals surface area (Å²) >= 11 is 0. The fraction of sp³-hybridized carbons (Fsp3) is 0.269. The van der Waals surface area contributed by atoms with Crippen LogP contribution in [-0.4, -0.2) is 34.1 Å². The molecule has 0 fully saturated rings. The minimum absolute atomic E-state index is 0.101. The van der Waals surface area contributed by atoms with Gasteiger partial charge in [0.2, 0.25) is 5.91 Å². The molecule has 0 aliphatic rings. The van der Waals surface area contributed by atoms with Crippen molar-refractivity contribution in [2.45, 2.75) is 32.2 Å². The average molecular weight is 483 g/mol. The first kappa shape index (κ1) is 25.1. The maximum Gasteiger partial charge on any atom is 0.264 e. The molecule has 0 spiro atoms. The van der Waals surface area contributed by atoms with Crippen molar-refractivity contribution in [1.82, 2.24) is 5.32 Å². The number of hydrogen-bond donors (Lipinski definition) is 1. The first-order chi connectivity index (χ1) is 16.3. The van der Waals surface area contributed by atoms with E-state index in [4.69, 9.17) is 9.47 Å². The van der Waals surface area contributed by atoms with Crippen LogP contribution in [0, 0.1) is 6.92 Å². The fourth-order valence-corrected chi connectivity index (χ4v) is 4.77. The topological polar surface area (TPSA) is 84.9 Å². The number of para-hydroxylation sites is 2. The number of nitrogens with one attached hydrogen (secondary N) is 1. The summed E-state index contributed by atoms with van der Waals surface area (Å²) in [5, 5.41) is 2.81. The second kappa shape index (κ2) is 11.6. The lowest BCUT2D eigenvalue weighted by Crippen LogP contribution is -2.40. The van der Waals surface area contributed by atoms with Gasteiger partial charge < -0.3 is 14.8 Å². The summed E-state index contributed by atoms with van der Waals surface area (Å²) in [6.07, 6.45) is 0. The predicted molar refractivity (Wildman–Crippen MR) is 133 cm³/mol. The highest BCUT2D eigenvalue weighted by atomic mass is 32.2. The van der Waals surface area contributed by atoms with Gasteiger partial charge in [-0.25, -0.2) is 8.42 Å². The van der Waals surface area contributed by atoms with Gasteiger partial charge in [-0.15, -0.1) is 0 Å². The van der Waals surface area contributed by atoms with Crippen LogP contribution in [0.1, 0.15) is 25.0 Å². The van der Waals surface area contributed by atoms with Gasteiger partial charge in [0, 0.05) is 6.54 Å². The van der Waals surface area contributed by atoms with E-state index in [1.807, 2.05) is 45.0 Å². The Kier molecular flexibility index (Phi) is 8.54. The highest BCUT2D eigenvalue weighted by Crippen LogP contribution is 2.32. The Morgan fingerprint density at radius 1 is 0.882 bits per heavy atom. The quantitative estimate of drug-likeness (QED) is 0.440. The number of hydrogen-bond acceptors (Lipinski definition) is 5. The maximum absolute atomic E-state index is 13.6. The van der Waals surface area contributed by atoms with Gasteiger partial charge in [-0.05, 0) is 62.7 Å². The van der Waals surface area contributed by atoms with Gasteiger partial charge in [0.25, 0.3) is 10.0 Å². The van der Waals surface area contributed by atoms with Crippen molar-refractivity contribution in [1.29, 1.82) is 0 Å². The Balaban J connectivity index is 1.85. The van der Waals surface area contributed by atoms with Crippen molar-refractivity contribution in [3.63, 3.8) is 0 Å². The molecule has 8 heteroatoms. The highest BCUT2D eigenvalue weighted by molar-refractivity contribution is 7.92. The zero-order valence-corrected chi connectivity index (χ0v) is 20.5. The Hall–Kier alpha value is -3.52.